The quantitative estimate of drug-likeness (QED) is 0.276. The molecule has 160 valence electrons. The predicted molar refractivity (Wildman–Crippen MR) is 114 cm³/mol. The van der Waals surface area contributed by atoms with Gasteiger partial charge in [-0.3, -0.25) is 0 Å². The van der Waals surface area contributed by atoms with Gasteiger partial charge in [-0.1, -0.05) is 37.0 Å². The first-order chi connectivity index (χ1) is 13.5. The van der Waals surface area contributed by atoms with Crippen LogP contribution in [-0.4, -0.2) is 46.9 Å². The Bertz CT molecular complexity index is 559. The molecule has 0 spiro atoms. The molecule has 0 radical (unpaired) electrons. The summed E-state index contributed by atoms with van der Waals surface area (Å²) in [5, 5.41) is 0. The van der Waals surface area contributed by atoms with Gasteiger partial charge in [0.15, 0.2) is 6.29 Å². The number of hydrogen-bond acceptors (Lipinski definition) is 5. The van der Waals surface area contributed by atoms with Gasteiger partial charge in [-0.25, -0.2) is 0 Å². The molecule has 5 nitrogen and oxygen atoms in total. The first-order valence-electron chi connectivity index (χ1n) is 9.61. The fourth-order valence-electron chi connectivity index (χ4n) is 2.61. The standard InChI is InChI=1S/C21H32Cl2O5/c1-5-16-13-18(27-12-9-19(22)23)14-17(6-2)21(16)28-11-8-7-10-26-15-20(24-3)25-4/h9,13-14,20H,5-8,10-12,15H2,1-4H3. The molecule has 0 aliphatic heterocycles. The van der Waals surface area contributed by atoms with Crippen LogP contribution in [0.3, 0.4) is 0 Å². The van der Waals surface area contributed by atoms with E-state index in [0.29, 0.717) is 26.4 Å². The monoisotopic (exact) mass is 434 g/mol. The van der Waals surface area contributed by atoms with Gasteiger partial charge in [0.2, 0.25) is 0 Å². The Morgan fingerprint density at radius 2 is 1.57 bits per heavy atom. The highest BCUT2D eigenvalue weighted by Crippen LogP contribution is 2.31. The van der Waals surface area contributed by atoms with Crippen LogP contribution in [0, 0.1) is 0 Å². The van der Waals surface area contributed by atoms with Gasteiger partial charge in [-0.2, -0.15) is 0 Å². The van der Waals surface area contributed by atoms with Gasteiger partial charge < -0.3 is 23.7 Å². The molecule has 0 saturated carbocycles. The van der Waals surface area contributed by atoms with Gasteiger partial charge >= 0.3 is 0 Å². The van der Waals surface area contributed by atoms with Crippen molar-refractivity contribution in [2.75, 3.05) is 40.6 Å². The Kier molecular flexibility index (Phi) is 13.4. The zero-order valence-electron chi connectivity index (χ0n) is 17.3. The van der Waals surface area contributed by atoms with Crippen LogP contribution in [0.2, 0.25) is 0 Å². The number of rotatable bonds is 15. The zero-order valence-corrected chi connectivity index (χ0v) is 18.8. The average Bonchev–Trinajstić information content (AvgIpc) is 2.69. The number of methoxy groups -OCH3 is 2. The molecule has 0 unspecified atom stereocenters. The summed E-state index contributed by atoms with van der Waals surface area (Å²) < 4.78 is 27.7. The number of aryl methyl sites for hydroxylation is 2. The number of hydrogen-bond donors (Lipinski definition) is 0. The Balaban J connectivity index is 2.52. The van der Waals surface area contributed by atoms with Crippen molar-refractivity contribution >= 4 is 23.2 Å². The van der Waals surface area contributed by atoms with Crippen LogP contribution in [-0.2, 0) is 27.1 Å². The summed E-state index contributed by atoms with van der Waals surface area (Å²) in [7, 11) is 3.20. The van der Waals surface area contributed by atoms with Crippen LogP contribution < -0.4 is 9.47 Å². The number of benzene rings is 1. The second kappa shape index (κ2) is 14.9. The predicted octanol–water partition coefficient (Wildman–Crippen LogP) is 5.30. The third-order valence-electron chi connectivity index (χ3n) is 4.17. The van der Waals surface area contributed by atoms with E-state index >= 15 is 0 Å². The first kappa shape index (κ1) is 25.1. The van der Waals surface area contributed by atoms with E-state index in [9.17, 15) is 0 Å². The maximum atomic E-state index is 6.10. The minimum atomic E-state index is -0.313. The van der Waals surface area contributed by atoms with Gasteiger partial charge in [0, 0.05) is 20.8 Å². The second-order valence-corrected chi connectivity index (χ2v) is 7.12. The molecule has 0 aromatic heterocycles. The topological polar surface area (TPSA) is 46.2 Å². The Labute approximate surface area is 178 Å². The lowest BCUT2D eigenvalue weighted by molar-refractivity contribution is -0.140. The lowest BCUT2D eigenvalue weighted by Gasteiger charge is -2.17. The van der Waals surface area contributed by atoms with E-state index in [1.807, 2.05) is 12.1 Å². The van der Waals surface area contributed by atoms with Crippen molar-refractivity contribution in [1.82, 2.24) is 0 Å². The highest BCUT2D eigenvalue weighted by molar-refractivity contribution is 6.55. The largest absolute Gasteiger partial charge is 0.493 e. The van der Waals surface area contributed by atoms with Gasteiger partial charge in [0.25, 0.3) is 0 Å². The first-order valence-corrected chi connectivity index (χ1v) is 10.4. The molecule has 1 aromatic carbocycles. The summed E-state index contributed by atoms with van der Waals surface area (Å²) in [5.41, 5.74) is 2.27. The molecule has 0 atom stereocenters. The third-order valence-corrected chi connectivity index (χ3v) is 4.48. The van der Waals surface area contributed by atoms with Gasteiger partial charge in [-0.05, 0) is 55.0 Å². The van der Waals surface area contributed by atoms with Crippen molar-refractivity contribution in [3.8, 4) is 11.5 Å². The van der Waals surface area contributed by atoms with Gasteiger partial charge in [0.1, 0.15) is 22.6 Å². The van der Waals surface area contributed by atoms with Crippen LogP contribution in [0.15, 0.2) is 22.7 Å². The molecule has 0 aliphatic carbocycles. The Morgan fingerprint density at radius 3 is 2.11 bits per heavy atom. The van der Waals surface area contributed by atoms with Crippen LogP contribution in [0.5, 0.6) is 11.5 Å². The highest BCUT2D eigenvalue weighted by Gasteiger charge is 2.11. The smallest absolute Gasteiger partial charge is 0.180 e. The van der Waals surface area contributed by atoms with E-state index in [1.54, 1.807) is 20.3 Å². The summed E-state index contributed by atoms with van der Waals surface area (Å²) >= 11 is 11.2. The van der Waals surface area contributed by atoms with E-state index < -0.39 is 0 Å². The number of halogens is 2. The fourth-order valence-corrected chi connectivity index (χ4v) is 2.74. The number of unbranched alkanes of at least 4 members (excludes halogenated alkanes) is 1. The molecule has 7 heteroatoms. The van der Waals surface area contributed by atoms with Crippen molar-refractivity contribution in [2.24, 2.45) is 0 Å². The third kappa shape index (κ3) is 9.48. The molecule has 1 aromatic rings. The molecule has 0 amide bonds. The SMILES string of the molecule is CCc1cc(OCC=C(Cl)Cl)cc(CC)c1OCCCCOCC(OC)OC. The van der Waals surface area contributed by atoms with E-state index in [0.717, 1.165) is 48.3 Å². The lowest BCUT2D eigenvalue weighted by atomic mass is 10.0. The van der Waals surface area contributed by atoms with E-state index in [2.05, 4.69) is 13.8 Å². The average molecular weight is 435 g/mol. The van der Waals surface area contributed by atoms with Crippen LogP contribution in [0.25, 0.3) is 0 Å². The Hall–Kier alpha value is -0.980. The fraction of sp³-hybridized carbons (Fsp3) is 0.619. The van der Waals surface area contributed by atoms with E-state index in [1.165, 1.54) is 0 Å². The molecule has 0 fully saturated rings. The Morgan fingerprint density at radius 1 is 0.964 bits per heavy atom. The molecule has 28 heavy (non-hydrogen) atoms. The molecule has 1 rings (SSSR count). The number of ether oxygens (including phenoxy) is 5. The van der Waals surface area contributed by atoms with Gasteiger partial charge in [0.05, 0.1) is 13.2 Å². The van der Waals surface area contributed by atoms with Crippen LogP contribution >= 0.6 is 23.2 Å². The maximum absolute atomic E-state index is 6.10. The summed E-state index contributed by atoms with van der Waals surface area (Å²) in [5.74, 6) is 1.76. The molecule has 0 bridgehead atoms. The summed E-state index contributed by atoms with van der Waals surface area (Å²) in [6, 6.07) is 4.03. The summed E-state index contributed by atoms with van der Waals surface area (Å²) in [4.78, 5) is 0. The van der Waals surface area contributed by atoms with Crippen molar-refractivity contribution < 1.29 is 23.7 Å². The van der Waals surface area contributed by atoms with Crippen molar-refractivity contribution in [1.29, 1.82) is 0 Å². The van der Waals surface area contributed by atoms with E-state index in [4.69, 9.17) is 46.9 Å². The molecule has 0 heterocycles. The summed E-state index contributed by atoms with van der Waals surface area (Å²) in [6.07, 6.45) is 4.86. The zero-order chi connectivity index (χ0) is 20.8. The van der Waals surface area contributed by atoms with Crippen LogP contribution in [0.1, 0.15) is 37.8 Å². The molecular formula is C21H32Cl2O5. The molecule has 0 aliphatic rings. The summed E-state index contributed by atoms with van der Waals surface area (Å²) in [6.45, 7) is 6.28. The molecule has 0 saturated heterocycles. The van der Waals surface area contributed by atoms with Crippen LogP contribution in [0.4, 0.5) is 0 Å². The normalized spacial score (nSPS) is 11.0. The van der Waals surface area contributed by atoms with Crippen molar-refractivity contribution in [3.63, 3.8) is 0 Å². The van der Waals surface area contributed by atoms with Crippen molar-refractivity contribution in [2.45, 2.75) is 45.8 Å². The minimum Gasteiger partial charge on any atom is -0.493 e. The molecule has 0 N–H and O–H groups in total. The lowest BCUT2D eigenvalue weighted by Crippen LogP contribution is -2.20. The van der Waals surface area contributed by atoms with Gasteiger partial charge in [-0.15, -0.1) is 0 Å². The molecular weight excluding hydrogens is 403 g/mol. The highest BCUT2D eigenvalue weighted by atomic mass is 35.5. The second-order valence-electron chi connectivity index (χ2n) is 6.11. The minimum absolute atomic E-state index is 0.204. The van der Waals surface area contributed by atoms with Crippen molar-refractivity contribution in [3.05, 3.63) is 33.8 Å². The van der Waals surface area contributed by atoms with E-state index in [-0.39, 0.29) is 10.8 Å². The maximum Gasteiger partial charge on any atom is 0.180 e.